The van der Waals surface area contributed by atoms with E-state index < -0.39 is 0 Å². The summed E-state index contributed by atoms with van der Waals surface area (Å²) in [6, 6.07) is 3.62. The van der Waals surface area contributed by atoms with Crippen LogP contribution in [0.25, 0.3) is 0 Å². The van der Waals surface area contributed by atoms with Crippen molar-refractivity contribution in [2.45, 2.75) is 0 Å². The second-order valence-electron chi connectivity index (χ2n) is 1.50. The minimum absolute atomic E-state index is 1.46. The molecule has 0 amide bonds. The molecule has 0 atom stereocenters. The molecule has 56 valence electrons. The standard InChI is InChI=1S/C3H3N3.C3H3NS/c1-2-4-6-5-3-1;1-2-4-5-3-1/h1-3H;1-3H. The van der Waals surface area contributed by atoms with E-state index in [0.717, 1.165) is 0 Å². The summed E-state index contributed by atoms with van der Waals surface area (Å²) in [5.41, 5.74) is 0. The number of rotatable bonds is 0. The van der Waals surface area contributed by atoms with Gasteiger partial charge in [-0.15, -0.1) is 10.2 Å². The molecule has 0 fully saturated rings. The second kappa shape index (κ2) is 5.43. The van der Waals surface area contributed by atoms with E-state index in [2.05, 4.69) is 19.8 Å². The summed E-state index contributed by atoms with van der Waals surface area (Å²) in [4.78, 5) is 0. The molecule has 0 aliphatic heterocycles. The smallest absolute Gasteiger partial charge is 0.0529 e. The maximum atomic E-state index is 3.76. The summed E-state index contributed by atoms with van der Waals surface area (Å²) in [7, 11) is 0. The number of hydrogen-bond acceptors (Lipinski definition) is 5. The van der Waals surface area contributed by atoms with Crippen LogP contribution in [-0.2, 0) is 0 Å². The van der Waals surface area contributed by atoms with Crippen LogP contribution < -0.4 is 0 Å². The summed E-state index contributed by atoms with van der Waals surface area (Å²) in [6.45, 7) is 0. The van der Waals surface area contributed by atoms with Gasteiger partial charge in [0.05, 0.1) is 12.4 Å². The predicted molar refractivity (Wildman–Crippen MR) is 41.9 cm³/mol. The Morgan fingerprint density at radius 2 is 1.73 bits per heavy atom. The average molecular weight is 166 g/mol. The van der Waals surface area contributed by atoms with Gasteiger partial charge in [-0.3, -0.25) is 0 Å². The maximum absolute atomic E-state index is 3.76. The van der Waals surface area contributed by atoms with Gasteiger partial charge in [-0.05, 0) is 28.9 Å². The van der Waals surface area contributed by atoms with Gasteiger partial charge in [0, 0.05) is 11.6 Å². The number of nitrogens with zero attached hydrogens (tertiary/aromatic N) is 4. The average Bonchev–Trinajstić information content (AvgIpc) is 2.64. The van der Waals surface area contributed by atoms with Gasteiger partial charge in [0.25, 0.3) is 0 Å². The molecule has 2 aromatic rings. The molecule has 0 radical (unpaired) electrons. The molecule has 2 aromatic heterocycles. The molecule has 0 aliphatic carbocycles. The normalized spacial score (nSPS) is 8.00. The van der Waals surface area contributed by atoms with E-state index in [-0.39, 0.29) is 0 Å². The molecular formula is C6H6N4S. The van der Waals surface area contributed by atoms with E-state index in [4.69, 9.17) is 0 Å². The molecule has 4 nitrogen and oxygen atoms in total. The zero-order valence-electron chi connectivity index (χ0n) is 5.66. The molecule has 0 unspecified atom stereocenters. The Bertz CT molecular complexity index is 200. The van der Waals surface area contributed by atoms with Crippen molar-refractivity contribution in [2.75, 3.05) is 0 Å². The first-order valence-electron chi connectivity index (χ1n) is 2.93. The molecule has 0 saturated heterocycles. The molecule has 0 spiro atoms. The molecule has 0 N–H and O–H groups in total. The van der Waals surface area contributed by atoms with Crippen molar-refractivity contribution < 1.29 is 0 Å². The van der Waals surface area contributed by atoms with E-state index in [1.807, 2.05) is 11.4 Å². The van der Waals surface area contributed by atoms with Gasteiger partial charge in [-0.1, -0.05) is 0 Å². The van der Waals surface area contributed by atoms with Crippen molar-refractivity contribution in [3.05, 3.63) is 36.1 Å². The lowest BCUT2D eigenvalue weighted by atomic mass is 10.7. The van der Waals surface area contributed by atoms with E-state index >= 15 is 0 Å². The Hall–Kier alpha value is -1.36. The number of aromatic nitrogens is 4. The lowest BCUT2D eigenvalue weighted by molar-refractivity contribution is 0.865. The van der Waals surface area contributed by atoms with Gasteiger partial charge in [-0.25, -0.2) is 4.37 Å². The predicted octanol–water partition coefficient (Wildman–Crippen LogP) is 1.01. The Labute approximate surface area is 68.1 Å². The van der Waals surface area contributed by atoms with E-state index in [0.29, 0.717) is 0 Å². The molecule has 2 rings (SSSR count). The molecule has 0 bridgehead atoms. The van der Waals surface area contributed by atoms with Crippen molar-refractivity contribution in [1.29, 1.82) is 0 Å². The minimum atomic E-state index is 1.46. The molecule has 0 aromatic carbocycles. The Morgan fingerprint density at radius 1 is 0.909 bits per heavy atom. The first-order valence-corrected chi connectivity index (χ1v) is 3.76. The van der Waals surface area contributed by atoms with Crippen molar-refractivity contribution in [3.63, 3.8) is 0 Å². The second-order valence-corrected chi connectivity index (χ2v) is 2.19. The molecule has 0 saturated carbocycles. The Morgan fingerprint density at radius 3 is 1.91 bits per heavy atom. The Kier molecular flexibility index (Phi) is 3.82. The highest BCUT2D eigenvalue weighted by Crippen LogP contribution is 1.83. The fourth-order valence-electron chi connectivity index (χ4n) is 0.381. The van der Waals surface area contributed by atoms with Crippen LogP contribution in [0.2, 0.25) is 0 Å². The fourth-order valence-corrected chi connectivity index (χ4v) is 0.732. The van der Waals surface area contributed by atoms with Crippen molar-refractivity contribution in [2.24, 2.45) is 0 Å². The highest BCUT2D eigenvalue weighted by atomic mass is 32.1. The molecule has 2 heterocycles. The summed E-state index contributed by atoms with van der Waals surface area (Å²) < 4.78 is 3.76. The van der Waals surface area contributed by atoms with Gasteiger partial charge in [0.1, 0.15) is 0 Å². The van der Waals surface area contributed by atoms with Crippen LogP contribution in [0, 0.1) is 0 Å². The molecule has 5 heteroatoms. The van der Waals surface area contributed by atoms with Crippen molar-refractivity contribution in [1.82, 2.24) is 19.8 Å². The third-order valence-corrected chi connectivity index (χ3v) is 1.28. The summed E-state index contributed by atoms with van der Waals surface area (Å²) in [5.74, 6) is 0. The monoisotopic (exact) mass is 166 g/mol. The van der Waals surface area contributed by atoms with Crippen LogP contribution in [0.3, 0.4) is 0 Å². The van der Waals surface area contributed by atoms with Crippen LogP contribution in [0.4, 0.5) is 0 Å². The quantitative estimate of drug-likeness (QED) is 0.586. The molecule has 11 heavy (non-hydrogen) atoms. The highest BCUT2D eigenvalue weighted by molar-refractivity contribution is 7.03. The minimum Gasteiger partial charge on any atom is -0.201 e. The molecule has 0 aliphatic rings. The Balaban J connectivity index is 0.000000112. The van der Waals surface area contributed by atoms with E-state index in [9.17, 15) is 0 Å². The first kappa shape index (κ1) is 7.74. The maximum Gasteiger partial charge on any atom is 0.0529 e. The van der Waals surface area contributed by atoms with Crippen LogP contribution >= 0.6 is 11.5 Å². The van der Waals surface area contributed by atoms with Crippen molar-refractivity contribution in [3.8, 4) is 0 Å². The van der Waals surface area contributed by atoms with Crippen LogP contribution in [0.15, 0.2) is 36.1 Å². The zero-order valence-corrected chi connectivity index (χ0v) is 6.48. The third-order valence-electron chi connectivity index (χ3n) is 0.756. The van der Waals surface area contributed by atoms with Crippen LogP contribution in [-0.4, -0.2) is 19.8 Å². The van der Waals surface area contributed by atoms with Crippen molar-refractivity contribution >= 4 is 11.5 Å². The SMILES string of the molecule is c1cnnnc1.c1cnsc1. The third kappa shape index (κ3) is 4.10. The lowest BCUT2D eigenvalue weighted by Gasteiger charge is -1.68. The van der Waals surface area contributed by atoms with E-state index in [1.165, 1.54) is 11.5 Å². The van der Waals surface area contributed by atoms with Gasteiger partial charge in [0.15, 0.2) is 0 Å². The topological polar surface area (TPSA) is 51.6 Å². The van der Waals surface area contributed by atoms with Crippen LogP contribution in [0.1, 0.15) is 0 Å². The summed E-state index contributed by atoms with van der Waals surface area (Å²) in [6.07, 6.45) is 4.92. The van der Waals surface area contributed by atoms with Gasteiger partial charge < -0.3 is 0 Å². The summed E-state index contributed by atoms with van der Waals surface area (Å²) in [5, 5.41) is 12.1. The van der Waals surface area contributed by atoms with Gasteiger partial charge in [0.2, 0.25) is 0 Å². The van der Waals surface area contributed by atoms with E-state index in [1.54, 1.807) is 24.7 Å². The van der Waals surface area contributed by atoms with Crippen LogP contribution in [0.5, 0.6) is 0 Å². The molecular weight excluding hydrogens is 160 g/mol. The lowest BCUT2D eigenvalue weighted by Crippen LogP contribution is -1.78. The zero-order chi connectivity index (χ0) is 7.78. The first-order chi connectivity index (χ1) is 5.50. The highest BCUT2D eigenvalue weighted by Gasteiger charge is 1.60. The summed E-state index contributed by atoms with van der Waals surface area (Å²) >= 11 is 1.46. The largest absolute Gasteiger partial charge is 0.201 e. The fraction of sp³-hybridized carbons (Fsp3) is 0. The van der Waals surface area contributed by atoms with Gasteiger partial charge in [-0.2, -0.15) is 0 Å². The number of hydrogen-bond donors (Lipinski definition) is 0. The van der Waals surface area contributed by atoms with Gasteiger partial charge >= 0.3 is 0 Å².